The van der Waals surface area contributed by atoms with E-state index in [0.29, 0.717) is 12.6 Å². The summed E-state index contributed by atoms with van der Waals surface area (Å²) in [5.41, 5.74) is 8.01. The number of nitrogens with two attached hydrogens (primary N) is 1. The van der Waals surface area contributed by atoms with E-state index in [0.717, 1.165) is 29.4 Å². The molecular formula is C14H24ClN3. The minimum absolute atomic E-state index is 0.425. The first kappa shape index (κ1) is 15.3. The molecule has 1 atom stereocenters. The van der Waals surface area contributed by atoms with Crippen LogP contribution < -0.4 is 10.6 Å². The SMILES string of the molecule is CCN(c1cccc(Cl)c1CN)C(C)CN(C)C. The number of likely N-dealkylation sites (N-methyl/N-ethyl adjacent to an activating group) is 2. The molecule has 0 aliphatic carbocycles. The van der Waals surface area contributed by atoms with Gasteiger partial charge in [-0.05, 0) is 40.1 Å². The van der Waals surface area contributed by atoms with E-state index in [4.69, 9.17) is 17.3 Å². The zero-order chi connectivity index (χ0) is 13.7. The molecule has 0 amide bonds. The van der Waals surface area contributed by atoms with E-state index < -0.39 is 0 Å². The van der Waals surface area contributed by atoms with Gasteiger partial charge in [0.25, 0.3) is 0 Å². The molecule has 4 heteroatoms. The maximum absolute atomic E-state index is 6.22. The van der Waals surface area contributed by atoms with E-state index in [2.05, 4.69) is 43.8 Å². The maximum Gasteiger partial charge on any atom is 0.0471 e. The lowest BCUT2D eigenvalue weighted by atomic mass is 10.1. The summed E-state index contributed by atoms with van der Waals surface area (Å²) >= 11 is 6.22. The Morgan fingerprint density at radius 1 is 1.33 bits per heavy atom. The van der Waals surface area contributed by atoms with Crippen molar-refractivity contribution in [2.24, 2.45) is 5.73 Å². The van der Waals surface area contributed by atoms with Gasteiger partial charge >= 0.3 is 0 Å². The van der Waals surface area contributed by atoms with Gasteiger partial charge in [0.05, 0.1) is 0 Å². The van der Waals surface area contributed by atoms with Gasteiger partial charge in [-0.25, -0.2) is 0 Å². The van der Waals surface area contributed by atoms with Crippen LogP contribution in [0.1, 0.15) is 19.4 Å². The Balaban J connectivity index is 3.05. The summed E-state index contributed by atoms with van der Waals surface area (Å²) in [5, 5.41) is 0.755. The van der Waals surface area contributed by atoms with Gasteiger partial charge in [0.15, 0.2) is 0 Å². The standard InChI is InChI=1S/C14H24ClN3/c1-5-18(11(2)10-17(3)4)14-8-6-7-13(15)12(14)9-16/h6-8,11H,5,9-10,16H2,1-4H3. The molecule has 0 spiro atoms. The zero-order valence-electron chi connectivity index (χ0n) is 11.8. The molecule has 1 aromatic rings. The summed E-state index contributed by atoms with van der Waals surface area (Å²) in [4.78, 5) is 4.55. The van der Waals surface area contributed by atoms with E-state index >= 15 is 0 Å². The van der Waals surface area contributed by atoms with Crippen LogP contribution in [0.4, 0.5) is 5.69 Å². The predicted molar refractivity (Wildman–Crippen MR) is 80.4 cm³/mol. The molecule has 0 saturated carbocycles. The fourth-order valence-corrected chi connectivity index (χ4v) is 2.61. The summed E-state index contributed by atoms with van der Waals surface area (Å²) in [6, 6.07) is 6.41. The molecule has 3 nitrogen and oxygen atoms in total. The molecule has 2 N–H and O–H groups in total. The maximum atomic E-state index is 6.22. The largest absolute Gasteiger partial charge is 0.368 e. The number of nitrogens with zero attached hydrogens (tertiary/aromatic N) is 2. The van der Waals surface area contributed by atoms with E-state index in [1.54, 1.807) is 0 Å². The quantitative estimate of drug-likeness (QED) is 0.862. The highest BCUT2D eigenvalue weighted by molar-refractivity contribution is 6.31. The van der Waals surface area contributed by atoms with Crippen LogP contribution in [0, 0.1) is 0 Å². The first-order valence-electron chi connectivity index (χ1n) is 6.40. The predicted octanol–water partition coefficient (Wildman–Crippen LogP) is 2.58. The summed E-state index contributed by atoms with van der Waals surface area (Å²) in [5.74, 6) is 0. The molecule has 18 heavy (non-hydrogen) atoms. The first-order valence-corrected chi connectivity index (χ1v) is 6.77. The van der Waals surface area contributed by atoms with E-state index in [1.807, 2.05) is 12.1 Å². The van der Waals surface area contributed by atoms with Gasteiger partial charge in [0.1, 0.15) is 0 Å². The lowest BCUT2D eigenvalue weighted by Crippen LogP contribution is -2.40. The van der Waals surface area contributed by atoms with Gasteiger partial charge in [-0.1, -0.05) is 17.7 Å². The molecule has 0 fully saturated rings. The topological polar surface area (TPSA) is 32.5 Å². The van der Waals surface area contributed by atoms with Crippen LogP contribution in [0.25, 0.3) is 0 Å². The fourth-order valence-electron chi connectivity index (χ4n) is 2.36. The van der Waals surface area contributed by atoms with Gasteiger partial charge in [-0.2, -0.15) is 0 Å². The van der Waals surface area contributed by atoms with Gasteiger partial charge in [-0.3, -0.25) is 0 Å². The lowest BCUT2D eigenvalue weighted by molar-refractivity contribution is 0.373. The Labute approximate surface area is 116 Å². The molecule has 102 valence electrons. The number of halogens is 1. The van der Waals surface area contributed by atoms with Crippen molar-refractivity contribution in [3.05, 3.63) is 28.8 Å². The Morgan fingerprint density at radius 2 is 2.00 bits per heavy atom. The Morgan fingerprint density at radius 3 is 2.50 bits per heavy atom. The van der Waals surface area contributed by atoms with Crippen LogP contribution in [-0.2, 0) is 6.54 Å². The smallest absolute Gasteiger partial charge is 0.0471 e. The van der Waals surface area contributed by atoms with Gasteiger partial charge in [-0.15, -0.1) is 0 Å². The molecule has 1 rings (SSSR count). The first-order chi connectivity index (χ1) is 8.51. The summed E-state index contributed by atoms with van der Waals surface area (Å²) in [6.07, 6.45) is 0. The average Bonchev–Trinajstić information content (AvgIpc) is 2.29. The highest BCUT2D eigenvalue weighted by Gasteiger charge is 2.17. The van der Waals surface area contributed by atoms with Crippen LogP contribution in [0.2, 0.25) is 5.02 Å². The monoisotopic (exact) mass is 269 g/mol. The number of benzene rings is 1. The fraction of sp³-hybridized carbons (Fsp3) is 0.571. The minimum Gasteiger partial charge on any atom is -0.368 e. The molecule has 0 aliphatic heterocycles. The Bertz CT molecular complexity index is 379. The molecule has 0 aromatic heterocycles. The van der Waals surface area contributed by atoms with Gasteiger partial charge in [0, 0.05) is 41.9 Å². The lowest BCUT2D eigenvalue weighted by Gasteiger charge is -2.33. The third-order valence-corrected chi connectivity index (χ3v) is 3.46. The second kappa shape index (κ2) is 6.98. The van der Waals surface area contributed by atoms with Crippen molar-refractivity contribution in [2.75, 3.05) is 32.1 Å². The van der Waals surface area contributed by atoms with Crippen LogP contribution in [0.3, 0.4) is 0 Å². The molecule has 0 radical (unpaired) electrons. The Kier molecular flexibility index (Phi) is 5.93. The molecule has 0 saturated heterocycles. The minimum atomic E-state index is 0.425. The van der Waals surface area contributed by atoms with Crippen molar-refractivity contribution < 1.29 is 0 Å². The molecular weight excluding hydrogens is 246 g/mol. The van der Waals surface area contributed by atoms with Crippen molar-refractivity contribution in [3.63, 3.8) is 0 Å². The normalized spacial score (nSPS) is 12.8. The van der Waals surface area contributed by atoms with Gasteiger partial charge < -0.3 is 15.5 Å². The zero-order valence-corrected chi connectivity index (χ0v) is 12.5. The van der Waals surface area contributed by atoms with Crippen molar-refractivity contribution in [1.82, 2.24) is 4.90 Å². The second-order valence-electron chi connectivity index (χ2n) is 4.84. The highest BCUT2D eigenvalue weighted by Crippen LogP contribution is 2.28. The van der Waals surface area contributed by atoms with Crippen LogP contribution in [0.15, 0.2) is 18.2 Å². The third-order valence-electron chi connectivity index (χ3n) is 3.11. The number of anilines is 1. The average molecular weight is 270 g/mol. The molecule has 0 heterocycles. The summed E-state index contributed by atoms with van der Waals surface area (Å²) in [6.45, 7) is 6.81. The van der Waals surface area contributed by atoms with Crippen LogP contribution in [-0.4, -0.2) is 38.1 Å². The number of hydrogen-bond donors (Lipinski definition) is 1. The highest BCUT2D eigenvalue weighted by atomic mass is 35.5. The van der Waals surface area contributed by atoms with E-state index in [9.17, 15) is 0 Å². The van der Waals surface area contributed by atoms with E-state index in [-0.39, 0.29) is 0 Å². The molecule has 0 aliphatic rings. The molecule has 1 aromatic carbocycles. The summed E-state index contributed by atoms with van der Waals surface area (Å²) in [7, 11) is 4.18. The van der Waals surface area contributed by atoms with Gasteiger partial charge in [0.2, 0.25) is 0 Å². The molecule has 1 unspecified atom stereocenters. The third kappa shape index (κ3) is 3.61. The number of hydrogen-bond acceptors (Lipinski definition) is 3. The van der Waals surface area contributed by atoms with Crippen molar-refractivity contribution >= 4 is 17.3 Å². The van der Waals surface area contributed by atoms with Crippen LogP contribution in [0.5, 0.6) is 0 Å². The van der Waals surface area contributed by atoms with Crippen LogP contribution >= 0.6 is 11.6 Å². The van der Waals surface area contributed by atoms with Crippen molar-refractivity contribution in [2.45, 2.75) is 26.4 Å². The van der Waals surface area contributed by atoms with E-state index in [1.165, 1.54) is 0 Å². The van der Waals surface area contributed by atoms with Crippen molar-refractivity contribution in [3.8, 4) is 0 Å². The van der Waals surface area contributed by atoms with Crippen molar-refractivity contribution in [1.29, 1.82) is 0 Å². The number of rotatable bonds is 6. The summed E-state index contributed by atoms with van der Waals surface area (Å²) < 4.78 is 0. The Hall–Kier alpha value is -0.770. The molecule has 0 bridgehead atoms. The second-order valence-corrected chi connectivity index (χ2v) is 5.25.